The number of hydrogen-bond acceptors (Lipinski definition) is 5. The molecule has 3 unspecified atom stereocenters. The normalized spacial score (nSPS) is 21.9. The number of nitrogens with two attached hydrogens (primary N) is 1. The molecule has 3 atom stereocenters. The number of rotatable bonds is 5. The Morgan fingerprint density at radius 1 is 1.25 bits per heavy atom. The number of nitrogens with zero attached hydrogens (tertiary/aromatic N) is 4. The number of carbonyl (C=O) groups excluding carboxylic acids is 2. The van der Waals surface area contributed by atoms with Gasteiger partial charge >= 0.3 is 0 Å². The van der Waals surface area contributed by atoms with Crippen molar-refractivity contribution in [1.29, 1.82) is 0 Å². The van der Waals surface area contributed by atoms with Gasteiger partial charge in [0.15, 0.2) is 0 Å². The Bertz CT molecular complexity index is 867. The van der Waals surface area contributed by atoms with E-state index in [1.54, 1.807) is 24.2 Å². The van der Waals surface area contributed by atoms with Gasteiger partial charge < -0.3 is 15.4 Å². The predicted molar refractivity (Wildman–Crippen MR) is 104 cm³/mol. The van der Waals surface area contributed by atoms with Crippen molar-refractivity contribution in [2.75, 3.05) is 13.7 Å². The molecule has 2 amide bonds. The quantitative estimate of drug-likeness (QED) is 0.844. The number of piperidine rings is 1. The Hall–Kier alpha value is -2.74. The number of aromatic nitrogens is 3. The van der Waals surface area contributed by atoms with E-state index in [-0.39, 0.29) is 17.9 Å². The van der Waals surface area contributed by atoms with Crippen LogP contribution in [0.4, 0.5) is 0 Å². The summed E-state index contributed by atoms with van der Waals surface area (Å²) < 4.78 is 5.47. The van der Waals surface area contributed by atoms with Crippen molar-refractivity contribution in [3.63, 3.8) is 0 Å². The van der Waals surface area contributed by atoms with E-state index >= 15 is 0 Å². The number of carbonyl (C=O) groups is 2. The summed E-state index contributed by atoms with van der Waals surface area (Å²) in [5.41, 5.74) is 6.61. The molecule has 150 valence electrons. The van der Waals surface area contributed by atoms with Gasteiger partial charge in [0, 0.05) is 25.6 Å². The number of primary amides is 1. The molecule has 2 aromatic rings. The topological polar surface area (TPSA) is 103 Å². The van der Waals surface area contributed by atoms with Crippen molar-refractivity contribution in [1.82, 2.24) is 19.9 Å². The third-order valence-electron chi connectivity index (χ3n) is 5.85. The van der Waals surface area contributed by atoms with Crippen LogP contribution in [0.5, 0.6) is 0 Å². The summed E-state index contributed by atoms with van der Waals surface area (Å²) in [7, 11) is 1.48. The summed E-state index contributed by atoms with van der Waals surface area (Å²) in [6.07, 6.45) is 4.68. The smallest absolute Gasteiger partial charge is 0.256 e. The van der Waals surface area contributed by atoms with E-state index in [9.17, 15) is 9.59 Å². The molecule has 2 heterocycles. The largest absolute Gasteiger partial charge is 0.368 e. The second-order valence-electron chi connectivity index (χ2n) is 7.60. The lowest BCUT2D eigenvalue weighted by Crippen LogP contribution is -2.57. The molecule has 0 radical (unpaired) electrons. The number of methoxy groups -OCH3 is 1. The zero-order chi connectivity index (χ0) is 20.5. The second-order valence-corrected chi connectivity index (χ2v) is 7.60. The van der Waals surface area contributed by atoms with Crippen molar-refractivity contribution in [2.45, 2.75) is 45.3 Å². The molecule has 1 saturated heterocycles. The SMILES string of the molecule is COC(C)(C(N)=O)C1CCC(C)N(C(=O)c2cc(C)ccc2-n2nccn2)C1. The molecule has 1 aromatic heterocycles. The molecule has 0 aliphatic carbocycles. The van der Waals surface area contributed by atoms with Crippen LogP contribution in [0.3, 0.4) is 0 Å². The van der Waals surface area contributed by atoms with Crippen molar-refractivity contribution >= 4 is 11.8 Å². The van der Waals surface area contributed by atoms with Gasteiger partial charge in [-0.15, -0.1) is 0 Å². The average molecular weight is 385 g/mol. The lowest BCUT2D eigenvalue weighted by atomic mass is 9.80. The van der Waals surface area contributed by atoms with Gasteiger partial charge in [0.25, 0.3) is 5.91 Å². The Balaban J connectivity index is 1.95. The highest BCUT2D eigenvalue weighted by molar-refractivity contribution is 5.98. The van der Waals surface area contributed by atoms with Crippen LogP contribution >= 0.6 is 0 Å². The monoisotopic (exact) mass is 385 g/mol. The van der Waals surface area contributed by atoms with E-state index in [1.807, 2.05) is 32.0 Å². The number of aryl methyl sites for hydroxylation is 1. The molecular formula is C20H27N5O3. The Morgan fingerprint density at radius 3 is 2.54 bits per heavy atom. The Morgan fingerprint density at radius 2 is 1.93 bits per heavy atom. The van der Waals surface area contributed by atoms with E-state index in [0.717, 1.165) is 18.4 Å². The minimum atomic E-state index is -1.11. The highest BCUT2D eigenvalue weighted by Gasteiger charge is 2.44. The van der Waals surface area contributed by atoms with Gasteiger partial charge in [0.05, 0.1) is 23.6 Å². The molecule has 8 nitrogen and oxygen atoms in total. The molecular weight excluding hydrogens is 358 g/mol. The maximum atomic E-state index is 13.5. The summed E-state index contributed by atoms with van der Waals surface area (Å²) in [4.78, 5) is 28.8. The van der Waals surface area contributed by atoms with Crippen molar-refractivity contribution < 1.29 is 14.3 Å². The highest BCUT2D eigenvalue weighted by atomic mass is 16.5. The molecule has 1 aromatic carbocycles. The number of ether oxygens (including phenoxy) is 1. The molecule has 28 heavy (non-hydrogen) atoms. The lowest BCUT2D eigenvalue weighted by molar-refractivity contribution is -0.147. The Labute approximate surface area is 164 Å². The van der Waals surface area contributed by atoms with E-state index in [2.05, 4.69) is 10.2 Å². The van der Waals surface area contributed by atoms with Crippen LogP contribution in [0, 0.1) is 12.8 Å². The Kier molecular flexibility index (Phi) is 5.51. The van der Waals surface area contributed by atoms with Crippen LogP contribution in [-0.2, 0) is 9.53 Å². The van der Waals surface area contributed by atoms with Crippen LogP contribution < -0.4 is 5.73 Å². The summed E-state index contributed by atoms with van der Waals surface area (Å²) in [5.74, 6) is -0.804. The third-order valence-corrected chi connectivity index (χ3v) is 5.85. The molecule has 8 heteroatoms. The zero-order valence-electron chi connectivity index (χ0n) is 16.8. The molecule has 2 N–H and O–H groups in total. The maximum absolute atomic E-state index is 13.5. The second kappa shape index (κ2) is 7.71. The average Bonchev–Trinajstić information content (AvgIpc) is 3.21. The van der Waals surface area contributed by atoms with Gasteiger partial charge in [0.2, 0.25) is 5.91 Å². The fourth-order valence-corrected chi connectivity index (χ4v) is 3.80. The van der Waals surface area contributed by atoms with E-state index in [4.69, 9.17) is 10.5 Å². The van der Waals surface area contributed by atoms with Gasteiger partial charge in [0.1, 0.15) is 5.60 Å². The fraction of sp³-hybridized carbons (Fsp3) is 0.500. The maximum Gasteiger partial charge on any atom is 0.256 e. The van der Waals surface area contributed by atoms with Crippen LogP contribution in [0.1, 0.15) is 42.6 Å². The van der Waals surface area contributed by atoms with Gasteiger partial charge in [-0.2, -0.15) is 15.0 Å². The number of likely N-dealkylation sites (tertiary alicyclic amines) is 1. The lowest BCUT2D eigenvalue weighted by Gasteiger charge is -2.44. The van der Waals surface area contributed by atoms with Gasteiger partial charge in [-0.25, -0.2) is 0 Å². The van der Waals surface area contributed by atoms with Crippen LogP contribution in [0.2, 0.25) is 0 Å². The number of benzene rings is 1. The summed E-state index contributed by atoms with van der Waals surface area (Å²) in [6, 6.07) is 5.65. The molecule has 0 spiro atoms. The minimum Gasteiger partial charge on any atom is -0.368 e. The first-order chi connectivity index (χ1) is 13.3. The first-order valence-electron chi connectivity index (χ1n) is 9.41. The van der Waals surface area contributed by atoms with E-state index < -0.39 is 11.5 Å². The van der Waals surface area contributed by atoms with E-state index in [1.165, 1.54) is 11.9 Å². The van der Waals surface area contributed by atoms with E-state index in [0.29, 0.717) is 17.8 Å². The summed E-state index contributed by atoms with van der Waals surface area (Å²) in [6.45, 7) is 6.05. The standard InChI is InChI=1S/C20H27N5O3/c1-13-5-8-17(25-22-9-10-23-25)16(11-13)18(26)24-12-15(7-6-14(24)2)20(3,28-4)19(21)27/h5,8-11,14-15H,6-7,12H2,1-4H3,(H2,21,27). The zero-order valence-corrected chi connectivity index (χ0v) is 16.8. The molecule has 1 fully saturated rings. The van der Waals surface area contributed by atoms with Gasteiger partial charge in [-0.1, -0.05) is 11.6 Å². The summed E-state index contributed by atoms with van der Waals surface area (Å²) >= 11 is 0. The molecule has 1 aliphatic heterocycles. The van der Waals surface area contributed by atoms with Crippen LogP contribution in [-0.4, -0.2) is 57.0 Å². The molecule has 1 aliphatic rings. The van der Waals surface area contributed by atoms with Crippen LogP contribution in [0.15, 0.2) is 30.6 Å². The highest BCUT2D eigenvalue weighted by Crippen LogP contribution is 2.33. The summed E-state index contributed by atoms with van der Waals surface area (Å²) in [5, 5.41) is 8.34. The first kappa shape index (κ1) is 20.0. The number of amides is 2. The fourth-order valence-electron chi connectivity index (χ4n) is 3.80. The van der Waals surface area contributed by atoms with Crippen molar-refractivity contribution in [2.24, 2.45) is 11.7 Å². The van der Waals surface area contributed by atoms with Gasteiger partial charge in [-0.3, -0.25) is 9.59 Å². The predicted octanol–water partition coefficient (Wildman–Crippen LogP) is 1.71. The van der Waals surface area contributed by atoms with Crippen molar-refractivity contribution in [3.8, 4) is 5.69 Å². The number of hydrogen-bond donors (Lipinski definition) is 1. The first-order valence-corrected chi connectivity index (χ1v) is 9.41. The van der Waals surface area contributed by atoms with Crippen LogP contribution in [0.25, 0.3) is 5.69 Å². The minimum absolute atomic E-state index is 0.0386. The third kappa shape index (κ3) is 3.52. The molecule has 3 rings (SSSR count). The van der Waals surface area contributed by atoms with Crippen molar-refractivity contribution in [3.05, 3.63) is 41.7 Å². The molecule has 0 bridgehead atoms. The molecule has 0 saturated carbocycles. The van der Waals surface area contributed by atoms with Gasteiger partial charge in [-0.05, 0) is 45.7 Å².